The molecule has 1 unspecified atom stereocenters. The molecule has 0 radical (unpaired) electrons. The van der Waals surface area contributed by atoms with Crippen LogP contribution in [0.2, 0.25) is 0 Å². The fraction of sp³-hybridized carbons (Fsp3) is 0.500. The monoisotopic (exact) mass is 375 g/mol. The van der Waals surface area contributed by atoms with E-state index in [0.717, 1.165) is 11.3 Å². The molecule has 0 saturated carbocycles. The molecule has 0 bridgehead atoms. The Bertz CT molecular complexity index is 726. The number of nitrogens with one attached hydrogen (secondary N) is 1. The summed E-state index contributed by atoms with van der Waals surface area (Å²) in [5, 5.41) is 1.77. The van der Waals surface area contributed by atoms with Crippen LogP contribution in [-0.2, 0) is 20.8 Å². The van der Waals surface area contributed by atoms with Gasteiger partial charge in [0.2, 0.25) is 0 Å². The lowest BCUT2D eigenvalue weighted by atomic mass is 10.1. The summed E-state index contributed by atoms with van der Waals surface area (Å²) in [6.07, 6.45) is 3.19. The number of anilines is 1. The molecule has 0 spiro atoms. The number of carbonyl (C=O) groups is 2. The Morgan fingerprint density at radius 3 is 2.63 bits per heavy atom. The van der Waals surface area contributed by atoms with E-state index < -0.39 is 11.1 Å². The summed E-state index contributed by atoms with van der Waals surface area (Å²) >= 11 is 0. The quantitative estimate of drug-likeness (QED) is 0.797. The van der Waals surface area contributed by atoms with Crippen molar-refractivity contribution in [3.8, 4) is 0 Å². The first-order valence-electron chi connectivity index (χ1n) is 9.01. The number of ether oxygens (including phenoxy) is 2. The Labute approximate surface area is 160 Å². The summed E-state index contributed by atoms with van der Waals surface area (Å²) < 4.78 is 10.5. The van der Waals surface area contributed by atoms with E-state index in [0.29, 0.717) is 13.2 Å². The molecule has 1 atom stereocenters. The predicted octanol–water partition coefficient (Wildman–Crippen LogP) is 3.21. The Balaban J connectivity index is 2.05. The van der Waals surface area contributed by atoms with Crippen molar-refractivity contribution in [3.63, 3.8) is 0 Å². The van der Waals surface area contributed by atoms with Gasteiger partial charge in [0, 0.05) is 19.8 Å². The van der Waals surface area contributed by atoms with Gasteiger partial charge in [0.1, 0.15) is 5.60 Å². The summed E-state index contributed by atoms with van der Waals surface area (Å²) in [6.45, 7) is 9.80. The van der Waals surface area contributed by atoms with Gasteiger partial charge in [-0.2, -0.15) is 0 Å². The molecule has 1 aromatic carbocycles. The van der Waals surface area contributed by atoms with E-state index in [4.69, 9.17) is 9.47 Å². The molecule has 0 fully saturated rings. The summed E-state index contributed by atoms with van der Waals surface area (Å²) in [6, 6.07) is 7.72. The molecule has 1 amide bonds. The van der Waals surface area contributed by atoms with Gasteiger partial charge in [0.25, 0.3) is 0 Å². The fourth-order valence-corrected chi connectivity index (χ4v) is 2.58. The van der Waals surface area contributed by atoms with Gasteiger partial charge in [0.15, 0.2) is 5.54 Å². The molecule has 7 nitrogen and oxygen atoms in total. The van der Waals surface area contributed by atoms with Gasteiger partial charge < -0.3 is 14.4 Å². The maximum atomic E-state index is 12.1. The first-order valence-corrected chi connectivity index (χ1v) is 9.01. The van der Waals surface area contributed by atoms with E-state index in [2.05, 4.69) is 5.43 Å². The lowest BCUT2D eigenvalue weighted by Gasteiger charge is -2.27. The molecule has 0 saturated heterocycles. The smallest absolute Gasteiger partial charge is 0.410 e. The van der Waals surface area contributed by atoms with Crippen LogP contribution in [0.15, 0.2) is 36.5 Å². The third-order valence-corrected chi connectivity index (χ3v) is 3.92. The van der Waals surface area contributed by atoms with Gasteiger partial charge in [-0.3, -0.25) is 5.01 Å². The maximum absolute atomic E-state index is 12.1. The van der Waals surface area contributed by atoms with Gasteiger partial charge in [-0.05, 0) is 58.4 Å². The molecule has 7 heteroatoms. The molecular weight excluding hydrogens is 346 g/mol. The normalized spacial score (nSPS) is 19.1. The van der Waals surface area contributed by atoms with Crippen LogP contribution in [0.3, 0.4) is 0 Å². The highest BCUT2D eigenvalue weighted by molar-refractivity contribution is 5.84. The number of rotatable bonds is 5. The Morgan fingerprint density at radius 2 is 2.00 bits per heavy atom. The second kappa shape index (κ2) is 8.00. The van der Waals surface area contributed by atoms with E-state index in [9.17, 15) is 9.59 Å². The maximum Gasteiger partial charge on any atom is 0.410 e. The van der Waals surface area contributed by atoms with Crippen molar-refractivity contribution in [3.05, 3.63) is 42.1 Å². The number of carbonyl (C=O) groups excluding carboxylic acids is 2. The molecular formula is C20H29N3O4. The molecule has 2 rings (SSSR count). The third kappa shape index (κ3) is 5.47. The van der Waals surface area contributed by atoms with Gasteiger partial charge >= 0.3 is 12.1 Å². The molecule has 0 aliphatic carbocycles. The highest BCUT2D eigenvalue weighted by Crippen LogP contribution is 2.24. The molecule has 148 valence electrons. The van der Waals surface area contributed by atoms with Crippen molar-refractivity contribution in [1.29, 1.82) is 0 Å². The highest BCUT2D eigenvalue weighted by atomic mass is 16.6. The zero-order valence-electron chi connectivity index (χ0n) is 16.9. The van der Waals surface area contributed by atoms with Crippen LogP contribution in [-0.4, -0.2) is 41.8 Å². The predicted molar refractivity (Wildman–Crippen MR) is 104 cm³/mol. The number of hydrogen-bond acceptors (Lipinski definition) is 6. The van der Waals surface area contributed by atoms with Crippen LogP contribution < -0.4 is 10.4 Å². The molecule has 0 aromatic heterocycles. The van der Waals surface area contributed by atoms with Crippen LogP contribution in [0.4, 0.5) is 10.5 Å². The Kier molecular flexibility index (Phi) is 6.15. The van der Waals surface area contributed by atoms with E-state index in [1.165, 1.54) is 4.90 Å². The van der Waals surface area contributed by atoms with Crippen LogP contribution >= 0.6 is 0 Å². The second-order valence-corrected chi connectivity index (χ2v) is 7.73. The highest BCUT2D eigenvalue weighted by Gasteiger charge is 2.37. The van der Waals surface area contributed by atoms with E-state index in [1.54, 1.807) is 38.2 Å². The third-order valence-electron chi connectivity index (χ3n) is 3.92. The van der Waals surface area contributed by atoms with E-state index in [-0.39, 0.29) is 12.1 Å². The standard InChI is InChI=1S/C20H29N3O4/c1-7-26-17(24)20(5)11-12-23(21-20)16-10-8-9-15(13-16)14-22(6)18(25)27-19(2,3)4/h8-13,21H,7,14H2,1-6H3. The number of amides is 1. The SMILES string of the molecule is CCOC(=O)C1(C)C=CN(c2cccc(CN(C)C(=O)OC(C)(C)C)c2)N1. The largest absolute Gasteiger partial charge is 0.464 e. The van der Waals surface area contributed by atoms with Gasteiger partial charge in [-0.1, -0.05) is 12.1 Å². The zero-order chi connectivity index (χ0) is 20.2. The van der Waals surface area contributed by atoms with Crippen molar-refractivity contribution in [2.75, 3.05) is 18.7 Å². The average Bonchev–Trinajstić information content (AvgIpc) is 2.97. The molecule has 1 aliphatic heterocycles. The first kappa shape index (κ1) is 20.8. The van der Waals surface area contributed by atoms with Crippen LogP contribution in [0.25, 0.3) is 0 Å². The number of esters is 1. The average molecular weight is 375 g/mol. The van der Waals surface area contributed by atoms with Crippen molar-refractivity contribution >= 4 is 17.7 Å². The van der Waals surface area contributed by atoms with Gasteiger partial charge in [-0.15, -0.1) is 0 Å². The van der Waals surface area contributed by atoms with Crippen molar-refractivity contribution in [2.24, 2.45) is 0 Å². The molecule has 27 heavy (non-hydrogen) atoms. The minimum Gasteiger partial charge on any atom is -0.464 e. The van der Waals surface area contributed by atoms with E-state index in [1.807, 2.05) is 45.0 Å². The lowest BCUT2D eigenvalue weighted by molar-refractivity contribution is -0.148. The van der Waals surface area contributed by atoms with Crippen LogP contribution in [0.1, 0.15) is 40.2 Å². The number of nitrogens with zero attached hydrogens (tertiary/aromatic N) is 2. The minimum atomic E-state index is -0.903. The van der Waals surface area contributed by atoms with Crippen molar-refractivity contribution in [2.45, 2.75) is 52.3 Å². The van der Waals surface area contributed by atoms with Gasteiger partial charge in [0.05, 0.1) is 12.3 Å². The van der Waals surface area contributed by atoms with E-state index >= 15 is 0 Å². The summed E-state index contributed by atoms with van der Waals surface area (Å²) in [4.78, 5) is 25.8. The Morgan fingerprint density at radius 1 is 1.30 bits per heavy atom. The molecule has 1 aromatic rings. The topological polar surface area (TPSA) is 71.1 Å². The zero-order valence-corrected chi connectivity index (χ0v) is 16.9. The number of hydrazine groups is 1. The second-order valence-electron chi connectivity index (χ2n) is 7.73. The van der Waals surface area contributed by atoms with Gasteiger partial charge in [-0.25, -0.2) is 15.0 Å². The summed E-state index contributed by atoms with van der Waals surface area (Å²) in [7, 11) is 1.70. The van der Waals surface area contributed by atoms with Crippen LogP contribution in [0, 0.1) is 0 Å². The summed E-state index contributed by atoms with van der Waals surface area (Å²) in [5.41, 5.74) is 3.51. The number of benzene rings is 1. The Hall–Kier alpha value is -2.54. The molecule has 1 heterocycles. The molecule has 1 aliphatic rings. The van der Waals surface area contributed by atoms with Crippen LogP contribution in [0.5, 0.6) is 0 Å². The lowest BCUT2D eigenvalue weighted by Crippen LogP contribution is -2.51. The fourth-order valence-electron chi connectivity index (χ4n) is 2.58. The molecule has 1 N–H and O–H groups in total. The first-order chi connectivity index (χ1) is 12.5. The minimum absolute atomic E-state index is 0.329. The van der Waals surface area contributed by atoms with Crippen molar-refractivity contribution in [1.82, 2.24) is 10.3 Å². The number of hydrogen-bond donors (Lipinski definition) is 1. The summed E-state index contributed by atoms with van der Waals surface area (Å²) in [5.74, 6) is -0.329. The van der Waals surface area contributed by atoms with Crippen molar-refractivity contribution < 1.29 is 19.1 Å².